The second-order valence-corrected chi connectivity index (χ2v) is 6.67. The lowest BCUT2D eigenvalue weighted by molar-refractivity contribution is 0.131. The highest BCUT2D eigenvalue weighted by atomic mass is 127. The average Bonchev–Trinajstić information content (AvgIpc) is 3.32. The van der Waals surface area contributed by atoms with Gasteiger partial charge in [0.2, 0.25) is 0 Å². The van der Waals surface area contributed by atoms with Crippen LogP contribution in [0.15, 0.2) is 27.8 Å². The molecule has 1 aliphatic heterocycles. The Morgan fingerprint density at radius 3 is 2.89 bits per heavy atom. The minimum atomic E-state index is -0.0459. The first-order chi connectivity index (χ1) is 12.8. The second-order valence-electron chi connectivity index (χ2n) is 6.67. The molecule has 0 spiro atoms. The molecule has 1 aromatic heterocycles. The Labute approximate surface area is 179 Å². The van der Waals surface area contributed by atoms with Gasteiger partial charge in [0, 0.05) is 51.4 Å². The molecule has 0 bridgehead atoms. The molecule has 2 heterocycles. The second kappa shape index (κ2) is 14.2. The summed E-state index contributed by atoms with van der Waals surface area (Å²) in [5, 5.41) is 16.1. The van der Waals surface area contributed by atoms with E-state index in [1.165, 1.54) is 0 Å². The number of nitrogens with one attached hydrogen (secondary N) is 2. The fourth-order valence-electron chi connectivity index (χ4n) is 2.99. The van der Waals surface area contributed by atoms with E-state index in [4.69, 9.17) is 18.9 Å². The van der Waals surface area contributed by atoms with Crippen LogP contribution in [0.5, 0.6) is 0 Å². The zero-order valence-corrected chi connectivity index (χ0v) is 18.6. The third-order valence-corrected chi connectivity index (χ3v) is 4.61. The quantitative estimate of drug-likeness (QED) is 0.178. The van der Waals surface area contributed by atoms with Crippen molar-refractivity contribution >= 4 is 29.9 Å². The molecule has 156 valence electrons. The smallest absolute Gasteiger partial charge is 0.191 e. The number of aliphatic hydroxyl groups excluding tert-OH is 1. The van der Waals surface area contributed by atoms with E-state index in [0.29, 0.717) is 13.2 Å². The molecule has 0 amide bonds. The maximum atomic E-state index is 9.37. The summed E-state index contributed by atoms with van der Waals surface area (Å²) < 4.78 is 16.3. The fraction of sp³-hybridized carbons (Fsp3) is 0.737. The van der Waals surface area contributed by atoms with Crippen molar-refractivity contribution in [2.75, 3.05) is 52.7 Å². The Morgan fingerprint density at radius 1 is 1.37 bits per heavy atom. The first-order valence-electron chi connectivity index (χ1n) is 9.59. The minimum Gasteiger partial charge on any atom is -0.469 e. The molecule has 0 aromatic carbocycles. The third kappa shape index (κ3) is 9.27. The van der Waals surface area contributed by atoms with Crippen molar-refractivity contribution in [3.63, 3.8) is 0 Å². The van der Waals surface area contributed by atoms with Crippen molar-refractivity contribution in [3.8, 4) is 0 Å². The molecule has 1 unspecified atom stereocenters. The van der Waals surface area contributed by atoms with E-state index in [-0.39, 0.29) is 36.0 Å². The molecule has 1 fully saturated rings. The fourth-order valence-corrected chi connectivity index (χ4v) is 2.99. The Balaban J connectivity index is 0.00000364. The molecule has 1 atom stereocenters. The predicted molar refractivity (Wildman–Crippen MR) is 117 cm³/mol. The molecule has 0 saturated carbocycles. The van der Waals surface area contributed by atoms with E-state index in [2.05, 4.69) is 10.6 Å². The molecule has 0 aliphatic carbocycles. The van der Waals surface area contributed by atoms with Gasteiger partial charge >= 0.3 is 0 Å². The number of nitrogens with zero attached hydrogens (tertiary/aromatic N) is 1. The van der Waals surface area contributed by atoms with E-state index in [9.17, 15) is 5.11 Å². The summed E-state index contributed by atoms with van der Waals surface area (Å²) in [6.07, 6.45) is 5.09. The number of hydrogen-bond donors (Lipinski definition) is 3. The van der Waals surface area contributed by atoms with E-state index < -0.39 is 0 Å². The number of rotatable bonds is 12. The number of furan rings is 1. The van der Waals surface area contributed by atoms with E-state index in [1.807, 2.05) is 19.1 Å². The number of ether oxygens (including phenoxy) is 2. The van der Waals surface area contributed by atoms with E-state index in [1.54, 1.807) is 6.26 Å². The highest BCUT2D eigenvalue weighted by Crippen LogP contribution is 2.32. The molecule has 7 nitrogen and oxygen atoms in total. The van der Waals surface area contributed by atoms with Gasteiger partial charge in [-0.3, -0.25) is 4.99 Å². The summed E-state index contributed by atoms with van der Waals surface area (Å²) in [5.74, 6) is 1.74. The van der Waals surface area contributed by atoms with Gasteiger partial charge in [0.15, 0.2) is 5.96 Å². The normalized spacial score (nSPS) is 19.7. The van der Waals surface area contributed by atoms with Gasteiger partial charge in [-0.05, 0) is 38.3 Å². The van der Waals surface area contributed by atoms with Gasteiger partial charge in [0.1, 0.15) is 5.76 Å². The Kier molecular flexibility index (Phi) is 12.7. The number of hydrogen-bond acceptors (Lipinski definition) is 5. The third-order valence-electron chi connectivity index (χ3n) is 4.61. The van der Waals surface area contributed by atoms with Crippen LogP contribution in [0.4, 0.5) is 0 Å². The predicted octanol–water partition coefficient (Wildman–Crippen LogP) is 2.19. The standard InChI is InChI=1S/C19H33N3O4.HI/c1-2-24-12-4-9-20-18(21-10-6-17-5-3-13-26-17)22-15-19(7-11-23)8-14-25-16-19;/h3,5,13,23H,2,4,6-12,14-16H2,1H3,(H2,20,21,22);1H. The summed E-state index contributed by atoms with van der Waals surface area (Å²) in [4.78, 5) is 4.77. The van der Waals surface area contributed by atoms with Crippen LogP contribution >= 0.6 is 24.0 Å². The molecular weight excluding hydrogens is 461 g/mol. The summed E-state index contributed by atoms with van der Waals surface area (Å²) in [7, 11) is 0. The molecule has 0 radical (unpaired) electrons. The van der Waals surface area contributed by atoms with E-state index >= 15 is 0 Å². The van der Waals surface area contributed by atoms with Crippen LogP contribution in [0.3, 0.4) is 0 Å². The number of halogens is 1. The zero-order chi connectivity index (χ0) is 18.5. The van der Waals surface area contributed by atoms with Crippen molar-refractivity contribution in [3.05, 3.63) is 24.2 Å². The molecule has 1 saturated heterocycles. The Hall–Kier alpha value is -0.840. The van der Waals surface area contributed by atoms with Gasteiger partial charge in [-0.15, -0.1) is 24.0 Å². The van der Waals surface area contributed by atoms with Gasteiger partial charge in [0.05, 0.1) is 19.4 Å². The maximum absolute atomic E-state index is 9.37. The molecule has 27 heavy (non-hydrogen) atoms. The highest BCUT2D eigenvalue weighted by molar-refractivity contribution is 14.0. The summed E-state index contributed by atoms with van der Waals surface area (Å²) in [5.41, 5.74) is -0.0459. The van der Waals surface area contributed by atoms with Crippen molar-refractivity contribution in [2.24, 2.45) is 10.4 Å². The summed E-state index contributed by atoms with van der Waals surface area (Å²) >= 11 is 0. The monoisotopic (exact) mass is 495 g/mol. The van der Waals surface area contributed by atoms with Crippen LogP contribution in [0.2, 0.25) is 0 Å². The lowest BCUT2D eigenvalue weighted by Gasteiger charge is -2.25. The molecular formula is C19H34IN3O4. The molecule has 8 heteroatoms. The first kappa shape index (κ1) is 24.2. The van der Waals surface area contributed by atoms with Crippen molar-refractivity contribution < 1.29 is 19.0 Å². The van der Waals surface area contributed by atoms with E-state index in [0.717, 1.165) is 70.3 Å². The summed E-state index contributed by atoms with van der Waals surface area (Å²) in [6, 6.07) is 3.87. The SMILES string of the molecule is CCOCCCNC(=NCC1(CCO)CCOC1)NCCc1ccco1.I. The highest BCUT2D eigenvalue weighted by Gasteiger charge is 2.34. The number of aliphatic imine (C=N–C) groups is 1. The summed E-state index contributed by atoms with van der Waals surface area (Å²) in [6.45, 7) is 7.26. The average molecular weight is 495 g/mol. The number of guanidine groups is 1. The van der Waals surface area contributed by atoms with Gasteiger partial charge in [0.25, 0.3) is 0 Å². The van der Waals surface area contributed by atoms with Crippen LogP contribution < -0.4 is 10.6 Å². The lowest BCUT2D eigenvalue weighted by atomic mass is 9.84. The molecule has 1 aromatic rings. The van der Waals surface area contributed by atoms with Crippen molar-refractivity contribution in [2.45, 2.75) is 32.6 Å². The first-order valence-corrected chi connectivity index (χ1v) is 9.59. The Morgan fingerprint density at radius 2 is 2.22 bits per heavy atom. The zero-order valence-electron chi connectivity index (χ0n) is 16.2. The largest absolute Gasteiger partial charge is 0.469 e. The van der Waals surface area contributed by atoms with Crippen LogP contribution in [0, 0.1) is 5.41 Å². The molecule has 3 N–H and O–H groups in total. The Bertz CT molecular complexity index is 505. The minimum absolute atomic E-state index is 0. The molecule has 1 aliphatic rings. The van der Waals surface area contributed by atoms with Crippen molar-refractivity contribution in [1.82, 2.24) is 10.6 Å². The van der Waals surface area contributed by atoms with Gasteiger partial charge in [-0.1, -0.05) is 0 Å². The molecule has 2 rings (SSSR count). The van der Waals surface area contributed by atoms with Crippen LogP contribution in [0.1, 0.15) is 31.9 Å². The van der Waals surface area contributed by atoms with Crippen LogP contribution in [-0.4, -0.2) is 63.7 Å². The number of aliphatic hydroxyl groups is 1. The topological polar surface area (TPSA) is 88.2 Å². The van der Waals surface area contributed by atoms with Crippen molar-refractivity contribution in [1.29, 1.82) is 0 Å². The maximum Gasteiger partial charge on any atom is 0.191 e. The van der Waals surface area contributed by atoms with Crippen LogP contribution in [0.25, 0.3) is 0 Å². The van der Waals surface area contributed by atoms with Gasteiger partial charge < -0.3 is 29.6 Å². The van der Waals surface area contributed by atoms with Crippen LogP contribution in [-0.2, 0) is 15.9 Å². The van der Waals surface area contributed by atoms with Gasteiger partial charge in [-0.25, -0.2) is 0 Å². The lowest BCUT2D eigenvalue weighted by Crippen LogP contribution is -2.40. The van der Waals surface area contributed by atoms with Gasteiger partial charge in [-0.2, -0.15) is 0 Å².